The molecule has 1 heterocycles. The van der Waals surface area contributed by atoms with Crippen LogP contribution in [0.5, 0.6) is 5.75 Å². The van der Waals surface area contributed by atoms with Crippen molar-refractivity contribution in [2.75, 3.05) is 0 Å². The number of benzene rings is 2. The minimum Gasteiger partial charge on any atom is -0.489 e. The van der Waals surface area contributed by atoms with E-state index in [1.807, 2.05) is 42.9 Å². The molecule has 3 aromatic rings. The van der Waals surface area contributed by atoms with E-state index in [0.29, 0.717) is 22.6 Å². The van der Waals surface area contributed by atoms with Crippen LogP contribution in [0.15, 0.2) is 61.2 Å². The molecule has 130 valence electrons. The number of aromatic nitrogens is 2. The van der Waals surface area contributed by atoms with Gasteiger partial charge in [0.15, 0.2) is 0 Å². The summed E-state index contributed by atoms with van der Waals surface area (Å²) >= 11 is 12.1. The monoisotopic (exact) mass is 374 g/mol. The van der Waals surface area contributed by atoms with Gasteiger partial charge in [-0.15, -0.1) is 0 Å². The van der Waals surface area contributed by atoms with Crippen LogP contribution < -0.4 is 4.74 Å². The number of ether oxygens (including phenoxy) is 1. The first-order valence-electron chi connectivity index (χ1n) is 8.19. The Morgan fingerprint density at radius 3 is 2.56 bits per heavy atom. The lowest BCUT2D eigenvalue weighted by Crippen LogP contribution is -2.16. The molecule has 0 saturated heterocycles. The second-order valence-corrected chi connectivity index (χ2v) is 7.09. The van der Waals surface area contributed by atoms with E-state index in [1.165, 1.54) is 0 Å². The Morgan fingerprint density at radius 1 is 1.08 bits per heavy atom. The van der Waals surface area contributed by atoms with Crippen LogP contribution in [0.2, 0.25) is 10.0 Å². The summed E-state index contributed by atoms with van der Waals surface area (Å²) in [5.41, 5.74) is 2.11. The molecule has 0 bridgehead atoms. The fourth-order valence-electron chi connectivity index (χ4n) is 2.94. The van der Waals surface area contributed by atoms with Gasteiger partial charge in [0.25, 0.3) is 0 Å². The Kier molecular flexibility index (Phi) is 5.67. The van der Waals surface area contributed by atoms with Crippen molar-refractivity contribution >= 4 is 23.2 Å². The molecule has 1 aromatic heterocycles. The lowest BCUT2D eigenvalue weighted by molar-refractivity contribution is 0.294. The minimum absolute atomic E-state index is 0.160. The fourth-order valence-corrected chi connectivity index (χ4v) is 3.27. The summed E-state index contributed by atoms with van der Waals surface area (Å²) < 4.78 is 8.23. The standard InChI is InChI=1S/C20H20Cl2N2O/c1-14(2)20(24-10-9-23-13-24)16-5-3-4-6-19(16)25-12-15-7-8-17(21)18(22)11-15/h3-11,13-14,20H,12H2,1-2H3. The van der Waals surface area contributed by atoms with Crippen LogP contribution in [-0.2, 0) is 6.61 Å². The molecule has 1 atom stereocenters. The summed E-state index contributed by atoms with van der Waals surface area (Å²) in [4.78, 5) is 4.19. The van der Waals surface area contributed by atoms with Gasteiger partial charge in [-0.2, -0.15) is 0 Å². The van der Waals surface area contributed by atoms with Gasteiger partial charge >= 0.3 is 0 Å². The molecule has 1 unspecified atom stereocenters. The minimum atomic E-state index is 0.160. The molecule has 0 aliphatic rings. The van der Waals surface area contributed by atoms with Gasteiger partial charge in [0.1, 0.15) is 12.4 Å². The van der Waals surface area contributed by atoms with Gasteiger partial charge in [-0.25, -0.2) is 4.98 Å². The van der Waals surface area contributed by atoms with Crippen molar-refractivity contribution in [3.8, 4) is 5.75 Å². The van der Waals surface area contributed by atoms with Crippen LogP contribution >= 0.6 is 23.2 Å². The summed E-state index contributed by atoms with van der Waals surface area (Å²) in [7, 11) is 0. The number of hydrogen-bond donors (Lipinski definition) is 0. The smallest absolute Gasteiger partial charge is 0.125 e. The van der Waals surface area contributed by atoms with Gasteiger partial charge in [0.05, 0.1) is 22.4 Å². The van der Waals surface area contributed by atoms with E-state index in [4.69, 9.17) is 27.9 Å². The molecule has 2 aromatic carbocycles. The predicted molar refractivity (Wildman–Crippen MR) is 102 cm³/mol. The molecular weight excluding hydrogens is 355 g/mol. The topological polar surface area (TPSA) is 27.1 Å². The first-order chi connectivity index (χ1) is 12.1. The molecule has 0 aliphatic heterocycles. The predicted octanol–water partition coefficient (Wildman–Crippen LogP) is 6.01. The highest BCUT2D eigenvalue weighted by atomic mass is 35.5. The molecule has 0 spiro atoms. The van der Waals surface area contributed by atoms with Crippen LogP contribution in [0.4, 0.5) is 0 Å². The van der Waals surface area contributed by atoms with E-state index in [2.05, 4.69) is 29.5 Å². The van der Waals surface area contributed by atoms with Crippen molar-refractivity contribution < 1.29 is 4.74 Å². The number of hydrogen-bond acceptors (Lipinski definition) is 2. The van der Waals surface area contributed by atoms with E-state index in [9.17, 15) is 0 Å². The van der Waals surface area contributed by atoms with Crippen molar-refractivity contribution in [1.29, 1.82) is 0 Å². The molecule has 0 saturated carbocycles. The summed E-state index contributed by atoms with van der Waals surface area (Å²) in [5, 5.41) is 1.08. The molecule has 5 heteroatoms. The zero-order valence-corrected chi connectivity index (χ0v) is 15.7. The van der Waals surface area contributed by atoms with E-state index in [1.54, 1.807) is 12.3 Å². The van der Waals surface area contributed by atoms with Crippen molar-refractivity contribution in [1.82, 2.24) is 9.55 Å². The largest absolute Gasteiger partial charge is 0.489 e. The summed E-state index contributed by atoms with van der Waals surface area (Å²) in [6.07, 6.45) is 5.63. The van der Waals surface area contributed by atoms with Gasteiger partial charge in [-0.3, -0.25) is 0 Å². The first kappa shape index (κ1) is 17.8. The van der Waals surface area contributed by atoms with Crippen molar-refractivity contribution in [2.24, 2.45) is 5.92 Å². The molecule has 0 N–H and O–H groups in total. The summed E-state index contributed by atoms with van der Waals surface area (Å²) in [5.74, 6) is 1.25. The van der Waals surface area contributed by atoms with Gasteiger partial charge in [0.2, 0.25) is 0 Å². The van der Waals surface area contributed by atoms with E-state index in [-0.39, 0.29) is 6.04 Å². The number of halogens is 2. The number of para-hydroxylation sites is 1. The molecule has 0 fully saturated rings. The molecule has 3 nitrogen and oxygen atoms in total. The van der Waals surface area contributed by atoms with Crippen molar-refractivity contribution in [2.45, 2.75) is 26.5 Å². The lowest BCUT2D eigenvalue weighted by atomic mass is 9.95. The Hall–Kier alpha value is -1.97. The van der Waals surface area contributed by atoms with E-state index >= 15 is 0 Å². The summed E-state index contributed by atoms with van der Waals surface area (Å²) in [6.45, 7) is 4.82. The number of nitrogens with zero attached hydrogens (tertiary/aromatic N) is 2. The second-order valence-electron chi connectivity index (χ2n) is 6.27. The molecule has 0 radical (unpaired) electrons. The van der Waals surface area contributed by atoms with E-state index in [0.717, 1.165) is 16.9 Å². The molecular formula is C20H20Cl2N2O. The zero-order chi connectivity index (χ0) is 17.8. The van der Waals surface area contributed by atoms with Crippen LogP contribution in [0.1, 0.15) is 31.0 Å². The maximum absolute atomic E-state index is 6.11. The van der Waals surface area contributed by atoms with Crippen molar-refractivity contribution in [3.63, 3.8) is 0 Å². The normalized spacial score (nSPS) is 12.4. The third-order valence-corrected chi connectivity index (χ3v) is 4.83. The van der Waals surface area contributed by atoms with Gasteiger partial charge in [-0.05, 0) is 29.7 Å². The van der Waals surface area contributed by atoms with E-state index < -0.39 is 0 Å². The third kappa shape index (κ3) is 4.17. The second kappa shape index (κ2) is 7.94. The third-order valence-electron chi connectivity index (χ3n) is 4.09. The average molecular weight is 375 g/mol. The zero-order valence-electron chi connectivity index (χ0n) is 14.2. The van der Waals surface area contributed by atoms with Crippen molar-refractivity contribution in [3.05, 3.63) is 82.4 Å². The van der Waals surface area contributed by atoms with Gasteiger partial charge in [-0.1, -0.05) is 61.3 Å². The molecule has 0 aliphatic carbocycles. The summed E-state index contributed by atoms with van der Waals surface area (Å²) in [6, 6.07) is 13.8. The first-order valence-corrected chi connectivity index (χ1v) is 8.95. The maximum Gasteiger partial charge on any atom is 0.125 e. The highest BCUT2D eigenvalue weighted by molar-refractivity contribution is 6.42. The van der Waals surface area contributed by atoms with Gasteiger partial charge < -0.3 is 9.30 Å². The maximum atomic E-state index is 6.11. The number of imidazole rings is 1. The Balaban J connectivity index is 1.86. The lowest BCUT2D eigenvalue weighted by Gasteiger charge is -2.25. The fraction of sp³-hybridized carbons (Fsp3) is 0.250. The quantitative estimate of drug-likeness (QED) is 0.527. The Bertz CT molecular complexity index is 831. The highest BCUT2D eigenvalue weighted by Crippen LogP contribution is 2.33. The molecule has 0 amide bonds. The highest BCUT2D eigenvalue weighted by Gasteiger charge is 2.21. The SMILES string of the molecule is CC(C)C(c1ccccc1OCc1ccc(Cl)c(Cl)c1)n1ccnc1. The number of rotatable bonds is 6. The average Bonchev–Trinajstić information content (AvgIpc) is 3.11. The molecule has 25 heavy (non-hydrogen) atoms. The van der Waals surface area contributed by atoms with Crippen LogP contribution in [0.25, 0.3) is 0 Å². The Morgan fingerprint density at radius 2 is 1.88 bits per heavy atom. The Labute approximate surface area is 158 Å². The van der Waals surface area contributed by atoms with Gasteiger partial charge in [0, 0.05) is 18.0 Å². The van der Waals surface area contributed by atoms with Crippen LogP contribution in [-0.4, -0.2) is 9.55 Å². The van der Waals surface area contributed by atoms with Crippen LogP contribution in [0.3, 0.4) is 0 Å². The van der Waals surface area contributed by atoms with Crippen LogP contribution in [0, 0.1) is 5.92 Å². The molecule has 3 rings (SSSR count).